The molecule has 0 saturated carbocycles. The zero-order valence-electron chi connectivity index (χ0n) is 16.1. The molecule has 0 unspecified atom stereocenters. The second-order valence-corrected chi connectivity index (χ2v) is 13.4. The standard InChI is InChI=1S/C20H37NSi.Al.3H/c1-9-20(15-17(2)3,16-18(4)5)21(22(6,7)8)19-13-11-10-12-14-19;;;;/h10-14,17-18H,9,15-16H2,1-8H3;;;;. The molecule has 0 spiro atoms. The third-order valence-corrected chi connectivity index (χ3v) is 6.47. The Hall–Kier alpha value is -0.231. The van der Waals surface area contributed by atoms with E-state index in [2.05, 4.69) is 89.2 Å². The lowest BCUT2D eigenvalue weighted by molar-refractivity contribution is 0.277. The largest absolute Gasteiger partial charge is 0.393 e. The van der Waals surface area contributed by atoms with Gasteiger partial charge in [-0.05, 0) is 43.2 Å². The normalized spacial score (nSPS) is 12.4. The highest BCUT2D eigenvalue weighted by Gasteiger charge is 2.42. The minimum atomic E-state index is -1.48. The second kappa shape index (κ2) is 9.30. The van der Waals surface area contributed by atoms with Crippen LogP contribution in [0.5, 0.6) is 0 Å². The maximum atomic E-state index is 2.85. The van der Waals surface area contributed by atoms with Gasteiger partial charge >= 0.3 is 0 Å². The zero-order chi connectivity index (χ0) is 17.0. The van der Waals surface area contributed by atoms with Gasteiger partial charge < -0.3 is 4.57 Å². The molecule has 1 nitrogen and oxygen atoms in total. The SMILES string of the molecule is CCC(CC(C)C)(CC(C)C)N(c1ccccc1)[Si](C)(C)C.[AlH3]. The molecule has 0 atom stereocenters. The van der Waals surface area contributed by atoms with E-state index in [4.69, 9.17) is 0 Å². The summed E-state index contributed by atoms with van der Waals surface area (Å²) in [6, 6.07) is 11.1. The van der Waals surface area contributed by atoms with Gasteiger partial charge in [0.15, 0.2) is 17.4 Å². The summed E-state index contributed by atoms with van der Waals surface area (Å²) in [6.07, 6.45) is 3.78. The Kier molecular flexibility index (Phi) is 9.21. The molecular formula is C20H40AlNSi. The van der Waals surface area contributed by atoms with Gasteiger partial charge in [-0.25, -0.2) is 0 Å². The maximum absolute atomic E-state index is 2.85. The van der Waals surface area contributed by atoms with Gasteiger partial charge in [-0.15, -0.1) is 0 Å². The highest BCUT2D eigenvalue weighted by atomic mass is 28.3. The molecule has 0 N–H and O–H groups in total. The third-order valence-electron chi connectivity index (χ3n) is 4.39. The number of para-hydroxylation sites is 1. The summed E-state index contributed by atoms with van der Waals surface area (Å²) in [5.74, 6) is 1.45. The van der Waals surface area contributed by atoms with Crippen LogP contribution in [0, 0.1) is 11.8 Å². The Morgan fingerprint density at radius 2 is 1.35 bits per heavy atom. The molecule has 0 aliphatic heterocycles. The smallest absolute Gasteiger partial charge is 0.187 e. The van der Waals surface area contributed by atoms with Gasteiger partial charge in [-0.1, -0.05) is 72.5 Å². The number of nitrogens with zero attached hydrogens (tertiary/aromatic N) is 1. The quantitative estimate of drug-likeness (QED) is 0.569. The van der Waals surface area contributed by atoms with E-state index in [9.17, 15) is 0 Å². The highest BCUT2D eigenvalue weighted by molar-refractivity contribution is 6.80. The summed E-state index contributed by atoms with van der Waals surface area (Å²) < 4.78 is 2.85. The van der Waals surface area contributed by atoms with Gasteiger partial charge in [0.1, 0.15) is 8.24 Å². The summed E-state index contributed by atoms with van der Waals surface area (Å²) in [5, 5.41) is 0. The number of hydrogen-bond acceptors (Lipinski definition) is 1. The van der Waals surface area contributed by atoms with Crippen molar-refractivity contribution < 1.29 is 0 Å². The summed E-state index contributed by atoms with van der Waals surface area (Å²) in [6.45, 7) is 19.4. The molecule has 0 heterocycles. The molecule has 132 valence electrons. The minimum Gasteiger partial charge on any atom is -0.393 e. The van der Waals surface area contributed by atoms with Crippen LogP contribution in [0.2, 0.25) is 19.6 Å². The molecule has 0 aromatic heterocycles. The molecule has 0 bridgehead atoms. The van der Waals surface area contributed by atoms with Crippen molar-refractivity contribution in [2.24, 2.45) is 11.8 Å². The third kappa shape index (κ3) is 6.29. The average molecular weight is 350 g/mol. The Labute approximate surface area is 157 Å². The first kappa shape index (κ1) is 22.8. The van der Waals surface area contributed by atoms with Crippen molar-refractivity contribution in [2.45, 2.75) is 79.1 Å². The van der Waals surface area contributed by atoms with Crippen molar-refractivity contribution >= 4 is 31.3 Å². The molecule has 0 saturated heterocycles. The van der Waals surface area contributed by atoms with Crippen LogP contribution in [0.25, 0.3) is 0 Å². The average Bonchev–Trinajstić information content (AvgIpc) is 2.36. The summed E-state index contributed by atoms with van der Waals surface area (Å²) in [4.78, 5) is 0. The molecular weight excluding hydrogens is 309 g/mol. The van der Waals surface area contributed by atoms with Gasteiger partial charge in [-0.3, -0.25) is 0 Å². The maximum Gasteiger partial charge on any atom is 0.187 e. The Bertz CT molecular complexity index is 427. The number of anilines is 1. The van der Waals surface area contributed by atoms with E-state index in [0.29, 0.717) is 0 Å². The molecule has 0 amide bonds. The first-order valence-corrected chi connectivity index (χ1v) is 12.4. The van der Waals surface area contributed by atoms with Gasteiger partial charge in [-0.2, -0.15) is 0 Å². The van der Waals surface area contributed by atoms with Crippen LogP contribution in [0.15, 0.2) is 30.3 Å². The molecule has 1 aromatic carbocycles. The van der Waals surface area contributed by atoms with Crippen molar-refractivity contribution in [3.8, 4) is 0 Å². The van der Waals surface area contributed by atoms with E-state index in [1.165, 1.54) is 24.9 Å². The number of rotatable bonds is 8. The molecule has 0 aliphatic rings. The van der Waals surface area contributed by atoms with Crippen LogP contribution >= 0.6 is 0 Å². The van der Waals surface area contributed by atoms with Crippen LogP contribution in [-0.2, 0) is 0 Å². The van der Waals surface area contributed by atoms with E-state index in [-0.39, 0.29) is 22.9 Å². The lowest BCUT2D eigenvalue weighted by atomic mass is 9.79. The molecule has 1 rings (SSSR count). The second-order valence-electron chi connectivity index (χ2n) is 8.62. The summed E-state index contributed by atoms with van der Waals surface area (Å²) >= 11 is 0. The Balaban J connectivity index is 0.00000484. The van der Waals surface area contributed by atoms with E-state index >= 15 is 0 Å². The van der Waals surface area contributed by atoms with E-state index in [1.807, 2.05) is 0 Å². The molecule has 3 heteroatoms. The van der Waals surface area contributed by atoms with Crippen LogP contribution in [0.3, 0.4) is 0 Å². The van der Waals surface area contributed by atoms with Crippen LogP contribution < -0.4 is 4.57 Å². The summed E-state index contributed by atoms with van der Waals surface area (Å²) in [7, 11) is -1.48. The van der Waals surface area contributed by atoms with Crippen LogP contribution in [0.4, 0.5) is 5.69 Å². The van der Waals surface area contributed by atoms with E-state index in [1.54, 1.807) is 0 Å². The fraction of sp³-hybridized carbons (Fsp3) is 0.700. The van der Waals surface area contributed by atoms with Crippen molar-refractivity contribution in [1.82, 2.24) is 0 Å². The van der Waals surface area contributed by atoms with Crippen molar-refractivity contribution in [1.29, 1.82) is 0 Å². The predicted molar refractivity (Wildman–Crippen MR) is 114 cm³/mol. The van der Waals surface area contributed by atoms with Crippen molar-refractivity contribution in [3.05, 3.63) is 30.3 Å². The lowest BCUT2D eigenvalue weighted by Crippen LogP contribution is -2.61. The zero-order valence-corrected chi connectivity index (χ0v) is 17.1. The Morgan fingerprint density at radius 1 is 0.913 bits per heavy atom. The number of hydrogen-bond donors (Lipinski definition) is 0. The minimum absolute atomic E-state index is 0. The fourth-order valence-corrected chi connectivity index (χ4v) is 6.87. The van der Waals surface area contributed by atoms with E-state index < -0.39 is 8.24 Å². The van der Waals surface area contributed by atoms with Gasteiger partial charge in [0.25, 0.3) is 0 Å². The number of benzene rings is 1. The molecule has 0 aliphatic carbocycles. The highest BCUT2D eigenvalue weighted by Crippen LogP contribution is 2.40. The first-order valence-electron chi connectivity index (χ1n) is 8.98. The van der Waals surface area contributed by atoms with Crippen LogP contribution in [-0.4, -0.2) is 31.1 Å². The summed E-state index contributed by atoms with van der Waals surface area (Å²) in [5.41, 5.74) is 1.71. The first-order chi connectivity index (χ1) is 10.1. The van der Waals surface area contributed by atoms with Crippen LogP contribution in [0.1, 0.15) is 53.9 Å². The lowest BCUT2D eigenvalue weighted by Gasteiger charge is -2.54. The van der Waals surface area contributed by atoms with Crippen molar-refractivity contribution in [2.75, 3.05) is 4.57 Å². The van der Waals surface area contributed by atoms with Gasteiger partial charge in [0.05, 0.1) is 0 Å². The fourth-order valence-electron chi connectivity index (χ4n) is 4.18. The topological polar surface area (TPSA) is 3.24 Å². The molecule has 0 fully saturated rings. The molecule has 0 radical (unpaired) electrons. The molecule has 1 aromatic rings. The Morgan fingerprint density at radius 3 is 1.65 bits per heavy atom. The van der Waals surface area contributed by atoms with Gasteiger partial charge in [0.2, 0.25) is 0 Å². The van der Waals surface area contributed by atoms with E-state index in [0.717, 1.165) is 11.8 Å². The predicted octanol–water partition coefficient (Wildman–Crippen LogP) is 5.39. The monoisotopic (exact) mass is 349 g/mol. The molecule has 23 heavy (non-hydrogen) atoms. The van der Waals surface area contributed by atoms with Gasteiger partial charge in [0, 0.05) is 11.2 Å². The van der Waals surface area contributed by atoms with Crippen molar-refractivity contribution in [3.63, 3.8) is 0 Å².